The molecule has 2 aliphatic rings. The highest BCUT2D eigenvalue weighted by Gasteiger charge is 2.37. The summed E-state index contributed by atoms with van der Waals surface area (Å²) >= 11 is 0. The maximum Gasteiger partial charge on any atom is 0.0605 e. The number of anilines is 1. The Bertz CT molecular complexity index is 443. The molecule has 2 atom stereocenters. The number of aryl methyl sites for hydroxylation is 1. The lowest BCUT2D eigenvalue weighted by molar-refractivity contribution is 0.176. The Morgan fingerprint density at radius 3 is 2.89 bits per heavy atom. The molecule has 1 aromatic heterocycles. The minimum atomic E-state index is 0.622. The Hall–Kier alpha value is -1.09. The van der Waals surface area contributed by atoms with Crippen LogP contribution in [0.25, 0.3) is 0 Å². The molecule has 0 N–H and O–H groups in total. The SMILES string of the molecule is Cc1ncccc1N1CC2CCCN2CC1C(C)C. The van der Waals surface area contributed by atoms with Crippen LogP contribution >= 0.6 is 0 Å². The quantitative estimate of drug-likeness (QED) is 0.814. The van der Waals surface area contributed by atoms with Crippen LogP contribution in [0.4, 0.5) is 5.69 Å². The fourth-order valence-electron chi connectivity index (χ4n) is 3.67. The molecule has 2 fully saturated rings. The molecule has 0 saturated carbocycles. The van der Waals surface area contributed by atoms with Crippen LogP contribution in [-0.2, 0) is 0 Å². The van der Waals surface area contributed by atoms with Crippen molar-refractivity contribution in [3.8, 4) is 0 Å². The van der Waals surface area contributed by atoms with E-state index in [1.165, 1.54) is 43.9 Å². The lowest BCUT2D eigenvalue weighted by Gasteiger charge is -2.47. The van der Waals surface area contributed by atoms with Gasteiger partial charge in [0.15, 0.2) is 0 Å². The number of nitrogens with zero attached hydrogens (tertiary/aromatic N) is 3. The average molecular weight is 259 g/mol. The number of pyridine rings is 1. The van der Waals surface area contributed by atoms with Gasteiger partial charge in [0.2, 0.25) is 0 Å². The molecule has 0 aromatic carbocycles. The summed E-state index contributed by atoms with van der Waals surface area (Å²) in [4.78, 5) is 9.80. The second kappa shape index (κ2) is 5.12. The summed E-state index contributed by atoms with van der Waals surface area (Å²) in [7, 11) is 0. The number of hydrogen-bond donors (Lipinski definition) is 0. The van der Waals surface area contributed by atoms with Gasteiger partial charge in [-0.2, -0.15) is 0 Å². The van der Waals surface area contributed by atoms with E-state index >= 15 is 0 Å². The first-order valence-corrected chi connectivity index (χ1v) is 7.59. The Labute approximate surface area is 116 Å². The average Bonchev–Trinajstić information content (AvgIpc) is 2.85. The molecule has 3 heterocycles. The van der Waals surface area contributed by atoms with Crippen molar-refractivity contribution in [2.24, 2.45) is 5.92 Å². The van der Waals surface area contributed by atoms with Gasteiger partial charge in [0.05, 0.1) is 11.4 Å². The van der Waals surface area contributed by atoms with Crippen LogP contribution in [0.15, 0.2) is 18.3 Å². The van der Waals surface area contributed by atoms with E-state index in [9.17, 15) is 0 Å². The summed E-state index contributed by atoms with van der Waals surface area (Å²) in [6.45, 7) is 10.5. The Morgan fingerprint density at radius 1 is 1.32 bits per heavy atom. The van der Waals surface area contributed by atoms with Crippen LogP contribution in [0, 0.1) is 12.8 Å². The molecule has 0 amide bonds. The van der Waals surface area contributed by atoms with Gasteiger partial charge in [-0.3, -0.25) is 9.88 Å². The molecule has 0 radical (unpaired) electrons. The van der Waals surface area contributed by atoms with Gasteiger partial charge in [-0.05, 0) is 44.4 Å². The number of piperazine rings is 1. The summed E-state index contributed by atoms with van der Waals surface area (Å²) in [6.07, 6.45) is 4.63. The molecule has 0 bridgehead atoms. The van der Waals surface area contributed by atoms with E-state index in [-0.39, 0.29) is 0 Å². The van der Waals surface area contributed by atoms with Crippen molar-refractivity contribution in [3.05, 3.63) is 24.0 Å². The molecule has 2 aliphatic heterocycles. The van der Waals surface area contributed by atoms with E-state index in [4.69, 9.17) is 0 Å². The number of fused-ring (bicyclic) bond motifs is 1. The molecular weight excluding hydrogens is 234 g/mol. The summed E-state index contributed by atoms with van der Waals surface area (Å²) < 4.78 is 0. The van der Waals surface area contributed by atoms with E-state index in [2.05, 4.69) is 47.7 Å². The van der Waals surface area contributed by atoms with Gasteiger partial charge in [0, 0.05) is 31.4 Å². The van der Waals surface area contributed by atoms with E-state index in [0.717, 1.165) is 6.04 Å². The van der Waals surface area contributed by atoms with Crippen LogP contribution in [0.3, 0.4) is 0 Å². The maximum atomic E-state index is 4.48. The fourth-order valence-corrected chi connectivity index (χ4v) is 3.67. The Morgan fingerprint density at radius 2 is 2.16 bits per heavy atom. The summed E-state index contributed by atoms with van der Waals surface area (Å²) in [5, 5.41) is 0. The second-order valence-electron chi connectivity index (χ2n) is 6.36. The van der Waals surface area contributed by atoms with Crippen LogP contribution in [-0.4, -0.2) is 41.6 Å². The molecular formula is C16H25N3. The lowest BCUT2D eigenvalue weighted by atomic mass is 9.96. The fraction of sp³-hybridized carbons (Fsp3) is 0.688. The first kappa shape index (κ1) is 12.9. The normalized spacial score (nSPS) is 27.9. The van der Waals surface area contributed by atoms with Crippen molar-refractivity contribution >= 4 is 5.69 Å². The molecule has 0 spiro atoms. The Kier molecular flexibility index (Phi) is 3.48. The van der Waals surface area contributed by atoms with Crippen molar-refractivity contribution in [3.63, 3.8) is 0 Å². The third-order valence-corrected chi connectivity index (χ3v) is 4.79. The third kappa shape index (κ3) is 2.36. The minimum Gasteiger partial charge on any atom is -0.364 e. The van der Waals surface area contributed by atoms with Crippen molar-refractivity contribution in [1.29, 1.82) is 0 Å². The van der Waals surface area contributed by atoms with Gasteiger partial charge in [-0.15, -0.1) is 0 Å². The van der Waals surface area contributed by atoms with Crippen LogP contribution < -0.4 is 4.90 Å². The topological polar surface area (TPSA) is 19.4 Å². The zero-order chi connectivity index (χ0) is 13.4. The molecule has 3 heteroatoms. The number of aromatic nitrogens is 1. The van der Waals surface area contributed by atoms with Gasteiger partial charge < -0.3 is 4.90 Å². The smallest absolute Gasteiger partial charge is 0.0605 e. The van der Waals surface area contributed by atoms with Crippen LogP contribution in [0.1, 0.15) is 32.4 Å². The van der Waals surface area contributed by atoms with Gasteiger partial charge >= 0.3 is 0 Å². The van der Waals surface area contributed by atoms with Crippen molar-refractivity contribution in [2.75, 3.05) is 24.5 Å². The predicted octanol–water partition coefficient (Wildman–Crippen LogP) is 2.70. The molecule has 104 valence electrons. The van der Waals surface area contributed by atoms with E-state index in [0.29, 0.717) is 12.0 Å². The van der Waals surface area contributed by atoms with Gasteiger partial charge in [-0.25, -0.2) is 0 Å². The lowest BCUT2D eigenvalue weighted by Crippen LogP contribution is -2.58. The number of rotatable bonds is 2. The van der Waals surface area contributed by atoms with Crippen LogP contribution in [0.2, 0.25) is 0 Å². The first-order chi connectivity index (χ1) is 9.16. The van der Waals surface area contributed by atoms with E-state index in [1.807, 2.05) is 6.20 Å². The zero-order valence-electron chi connectivity index (χ0n) is 12.3. The van der Waals surface area contributed by atoms with Crippen molar-refractivity contribution in [1.82, 2.24) is 9.88 Å². The van der Waals surface area contributed by atoms with E-state index in [1.54, 1.807) is 0 Å². The standard InChI is InChI=1S/C16H25N3/c1-12(2)16-11-18-9-5-6-14(18)10-19(16)15-7-4-8-17-13(15)3/h4,7-8,12,14,16H,5-6,9-11H2,1-3H3. The molecule has 2 saturated heterocycles. The maximum absolute atomic E-state index is 4.48. The van der Waals surface area contributed by atoms with Gasteiger partial charge in [0.25, 0.3) is 0 Å². The number of hydrogen-bond acceptors (Lipinski definition) is 3. The van der Waals surface area contributed by atoms with Gasteiger partial charge in [-0.1, -0.05) is 13.8 Å². The summed E-state index contributed by atoms with van der Waals surface area (Å²) in [6, 6.07) is 5.69. The minimum absolute atomic E-state index is 0.622. The second-order valence-corrected chi connectivity index (χ2v) is 6.36. The van der Waals surface area contributed by atoms with Crippen molar-refractivity contribution < 1.29 is 0 Å². The molecule has 19 heavy (non-hydrogen) atoms. The molecule has 1 aromatic rings. The highest BCUT2D eigenvalue weighted by Crippen LogP contribution is 2.32. The van der Waals surface area contributed by atoms with Crippen LogP contribution in [0.5, 0.6) is 0 Å². The Balaban J connectivity index is 1.90. The first-order valence-electron chi connectivity index (χ1n) is 7.59. The zero-order valence-corrected chi connectivity index (χ0v) is 12.3. The summed E-state index contributed by atoms with van der Waals surface area (Å²) in [5.41, 5.74) is 2.51. The molecule has 3 nitrogen and oxygen atoms in total. The third-order valence-electron chi connectivity index (χ3n) is 4.79. The predicted molar refractivity (Wildman–Crippen MR) is 79.5 cm³/mol. The molecule has 3 rings (SSSR count). The largest absolute Gasteiger partial charge is 0.364 e. The highest BCUT2D eigenvalue weighted by atomic mass is 15.3. The molecule has 0 aliphatic carbocycles. The van der Waals surface area contributed by atoms with Gasteiger partial charge in [0.1, 0.15) is 0 Å². The monoisotopic (exact) mass is 259 g/mol. The van der Waals surface area contributed by atoms with Crippen molar-refractivity contribution in [2.45, 2.75) is 45.7 Å². The van der Waals surface area contributed by atoms with E-state index < -0.39 is 0 Å². The summed E-state index contributed by atoms with van der Waals surface area (Å²) in [5.74, 6) is 0.682. The molecule has 2 unspecified atom stereocenters. The highest BCUT2D eigenvalue weighted by molar-refractivity contribution is 5.51.